The van der Waals surface area contributed by atoms with Gasteiger partial charge in [-0.3, -0.25) is 4.79 Å². The highest BCUT2D eigenvalue weighted by Crippen LogP contribution is 2.30. The van der Waals surface area contributed by atoms with Crippen LogP contribution in [0.15, 0.2) is 51.8 Å². The molecular formula is C17H14BrFN2O3S. The van der Waals surface area contributed by atoms with Crippen LogP contribution in [0.25, 0.3) is 10.9 Å². The molecule has 0 spiro atoms. The number of hydrogen-bond donors (Lipinski definition) is 1. The Kier molecular flexibility index (Phi) is 4.52. The van der Waals surface area contributed by atoms with Gasteiger partial charge in [0.25, 0.3) is 10.0 Å². The molecule has 1 aromatic heterocycles. The molecule has 8 heteroatoms. The van der Waals surface area contributed by atoms with Crippen molar-refractivity contribution in [2.24, 2.45) is 5.73 Å². The molecule has 1 heterocycles. The Balaban J connectivity index is 2.38. The van der Waals surface area contributed by atoms with Crippen LogP contribution in [0.1, 0.15) is 16.1 Å². The fourth-order valence-electron chi connectivity index (χ4n) is 2.55. The Morgan fingerprint density at radius 1 is 1.20 bits per heavy atom. The molecule has 0 aliphatic rings. The van der Waals surface area contributed by atoms with Gasteiger partial charge in [0.1, 0.15) is 11.5 Å². The summed E-state index contributed by atoms with van der Waals surface area (Å²) in [5.41, 5.74) is 6.29. The van der Waals surface area contributed by atoms with Gasteiger partial charge >= 0.3 is 0 Å². The summed E-state index contributed by atoms with van der Waals surface area (Å²) in [5.74, 6) is -1.18. The SMILES string of the molecule is Cc1ccc(S(=O)(=O)n2c(C(=O)CN)cc3cc(Br)c(F)cc32)cc1. The minimum Gasteiger partial charge on any atom is -0.324 e. The first-order valence-corrected chi connectivity index (χ1v) is 9.55. The van der Waals surface area contributed by atoms with Gasteiger partial charge in [-0.2, -0.15) is 0 Å². The number of nitrogens with two attached hydrogens (primary N) is 1. The zero-order chi connectivity index (χ0) is 18.4. The Bertz CT molecular complexity index is 1090. The molecule has 0 amide bonds. The van der Waals surface area contributed by atoms with E-state index < -0.39 is 21.6 Å². The Labute approximate surface area is 152 Å². The lowest BCUT2D eigenvalue weighted by Gasteiger charge is -2.11. The van der Waals surface area contributed by atoms with Crippen LogP contribution in [-0.4, -0.2) is 24.7 Å². The molecule has 0 aliphatic heterocycles. The average Bonchev–Trinajstić information content (AvgIpc) is 2.94. The first-order chi connectivity index (χ1) is 11.8. The number of carbonyl (C=O) groups is 1. The number of aromatic nitrogens is 1. The topological polar surface area (TPSA) is 82.2 Å². The Hall–Kier alpha value is -2.03. The van der Waals surface area contributed by atoms with Crippen molar-refractivity contribution in [3.8, 4) is 0 Å². The fourth-order valence-corrected chi connectivity index (χ4v) is 4.43. The van der Waals surface area contributed by atoms with Gasteiger partial charge in [0.05, 0.1) is 21.4 Å². The number of fused-ring (bicyclic) bond motifs is 1. The van der Waals surface area contributed by atoms with Crippen molar-refractivity contribution in [2.75, 3.05) is 6.54 Å². The van der Waals surface area contributed by atoms with E-state index in [1.54, 1.807) is 12.1 Å². The smallest absolute Gasteiger partial charge is 0.268 e. The molecule has 0 bridgehead atoms. The molecule has 5 nitrogen and oxygen atoms in total. The summed E-state index contributed by atoms with van der Waals surface area (Å²) in [7, 11) is -4.10. The molecule has 0 radical (unpaired) electrons. The molecule has 2 N–H and O–H groups in total. The summed E-state index contributed by atoms with van der Waals surface area (Å²) < 4.78 is 41.2. The van der Waals surface area contributed by atoms with E-state index in [0.717, 1.165) is 15.6 Å². The predicted molar refractivity (Wildman–Crippen MR) is 96.7 cm³/mol. The van der Waals surface area contributed by atoms with Crippen molar-refractivity contribution >= 4 is 42.6 Å². The zero-order valence-corrected chi connectivity index (χ0v) is 15.6. The van der Waals surface area contributed by atoms with Gasteiger partial charge in [-0.15, -0.1) is 0 Å². The number of benzene rings is 2. The summed E-state index contributed by atoms with van der Waals surface area (Å²) >= 11 is 3.06. The number of ketones is 1. The highest BCUT2D eigenvalue weighted by atomic mass is 79.9. The van der Waals surface area contributed by atoms with Crippen LogP contribution in [0.3, 0.4) is 0 Å². The number of Topliss-reactive ketones (excluding diaryl/α,β-unsaturated/α-hetero) is 1. The van der Waals surface area contributed by atoms with Crippen molar-refractivity contribution in [3.63, 3.8) is 0 Å². The third kappa shape index (κ3) is 3.01. The van der Waals surface area contributed by atoms with E-state index in [9.17, 15) is 17.6 Å². The molecule has 130 valence electrons. The maximum absolute atomic E-state index is 14.0. The molecule has 25 heavy (non-hydrogen) atoms. The molecule has 3 rings (SSSR count). The van der Waals surface area contributed by atoms with Crippen LogP contribution in [0.4, 0.5) is 4.39 Å². The quantitative estimate of drug-likeness (QED) is 0.651. The molecule has 0 unspecified atom stereocenters. The molecule has 0 atom stereocenters. The minimum atomic E-state index is -4.10. The largest absolute Gasteiger partial charge is 0.324 e. The average molecular weight is 425 g/mol. The molecule has 0 aliphatic carbocycles. The lowest BCUT2D eigenvalue weighted by atomic mass is 10.2. The zero-order valence-electron chi connectivity index (χ0n) is 13.2. The summed E-state index contributed by atoms with van der Waals surface area (Å²) in [5, 5.41) is 0.417. The normalized spacial score (nSPS) is 11.8. The molecule has 0 fully saturated rings. The highest BCUT2D eigenvalue weighted by molar-refractivity contribution is 9.10. The van der Waals surface area contributed by atoms with Crippen molar-refractivity contribution in [1.29, 1.82) is 0 Å². The first kappa shape index (κ1) is 17.8. The minimum absolute atomic E-state index is 0.00463. The van der Waals surface area contributed by atoms with Crippen molar-refractivity contribution < 1.29 is 17.6 Å². The van der Waals surface area contributed by atoms with Gasteiger partial charge in [-0.05, 0) is 47.1 Å². The highest BCUT2D eigenvalue weighted by Gasteiger charge is 2.26. The first-order valence-electron chi connectivity index (χ1n) is 7.31. The van der Waals surface area contributed by atoms with Crippen molar-refractivity contribution in [3.05, 3.63) is 64.0 Å². The molecule has 2 aromatic carbocycles. The second-order valence-electron chi connectivity index (χ2n) is 5.56. The number of carbonyl (C=O) groups excluding carboxylic acids is 1. The van der Waals surface area contributed by atoms with E-state index in [0.29, 0.717) is 5.39 Å². The summed E-state index contributed by atoms with van der Waals surface area (Å²) in [6, 6.07) is 10.1. The van der Waals surface area contributed by atoms with E-state index in [2.05, 4.69) is 15.9 Å². The molecule has 0 saturated heterocycles. The van der Waals surface area contributed by atoms with Crippen LogP contribution in [0.2, 0.25) is 0 Å². The maximum atomic E-state index is 14.0. The number of rotatable bonds is 4. The Morgan fingerprint density at radius 2 is 1.84 bits per heavy atom. The van der Waals surface area contributed by atoms with Crippen LogP contribution < -0.4 is 5.73 Å². The van der Waals surface area contributed by atoms with Gasteiger partial charge in [0, 0.05) is 11.5 Å². The number of nitrogens with zero attached hydrogens (tertiary/aromatic N) is 1. The van der Waals surface area contributed by atoms with Crippen LogP contribution in [0.5, 0.6) is 0 Å². The van der Waals surface area contributed by atoms with Crippen LogP contribution >= 0.6 is 15.9 Å². The van der Waals surface area contributed by atoms with Gasteiger partial charge in [0.15, 0.2) is 5.78 Å². The second kappa shape index (κ2) is 6.36. The maximum Gasteiger partial charge on any atom is 0.268 e. The third-order valence-electron chi connectivity index (χ3n) is 3.83. The standard InChI is InChI=1S/C17H14BrFN2O3S/c1-10-2-4-12(5-3-10)25(23,24)21-15-8-14(19)13(18)6-11(15)7-16(21)17(22)9-20/h2-8H,9,20H2,1H3. The van der Waals surface area contributed by atoms with Crippen LogP contribution in [0, 0.1) is 12.7 Å². The van der Waals surface area contributed by atoms with Crippen molar-refractivity contribution in [1.82, 2.24) is 3.97 Å². The van der Waals surface area contributed by atoms with Crippen molar-refractivity contribution in [2.45, 2.75) is 11.8 Å². The van der Waals surface area contributed by atoms with E-state index >= 15 is 0 Å². The van der Waals surface area contributed by atoms with E-state index in [1.165, 1.54) is 24.3 Å². The van der Waals surface area contributed by atoms with Gasteiger partial charge in [-0.1, -0.05) is 17.7 Å². The predicted octanol–water partition coefficient (Wildman–Crippen LogP) is 3.23. The summed E-state index contributed by atoms with van der Waals surface area (Å²) in [4.78, 5) is 12.2. The van der Waals surface area contributed by atoms with E-state index in [1.807, 2.05) is 6.92 Å². The second-order valence-corrected chi connectivity index (χ2v) is 8.21. The lowest BCUT2D eigenvalue weighted by Crippen LogP contribution is -2.22. The number of hydrogen-bond acceptors (Lipinski definition) is 4. The molecule has 3 aromatic rings. The monoisotopic (exact) mass is 424 g/mol. The van der Waals surface area contributed by atoms with E-state index in [-0.39, 0.29) is 27.1 Å². The third-order valence-corrected chi connectivity index (χ3v) is 6.18. The fraction of sp³-hybridized carbons (Fsp3) is 0.118. The summed E-state index contributed by atoms with van der Waals surface area (Å²) in [6.45, 7) is 1.47. The van der Waals surface area contributed by atoms with Gasteiger partial charge in [0.2, 0.25) is 0 Å². The van der Waals surface area contributed by atoms with E-state index in [4.69, 9.17) is 5.73 Å². The lowest BCUT2D eigenvalue weighted by molar-refractivity contribution is 0.0996. The van der Waals surface area contributed by atoms with Crippen LogP contribution in [-0.2, 0) is 10.0 Å². The van der Waals surface area contributed by atoms with Gasteiger partial charge < -0.3 is 5.73 Å². The summed E-state index contributed by atoms with van der Waals surface area (Å²) in [6.07, 6.45) is 0. The molecular weight excluding hydrogens is 411 g/mol. The van der Waals surface area contributed by atoms with Gasteiger partial charge in [-0.25, -0.2) is 16.8 Å². The Morgan fingerprint density at radius 3 is 2.44 bits per heavy atom. The number of aryl methyl sites for hydroxylation is 1. The number of halogens is 2. The molecule has 0 saturated carbocycles.